The van der Waals surface area contributed by atoms with Crippen LogP contribution in [0.2, 0.25) is 0 Å². The average Bonchev–Trinajstić information content (AvgIpc) is 0.811. The Hall–Kier alpha value is 0.530. The van der Waals surface area contributed by atoms with Crippen LogP contribution < -0.4 is 0 Å². The number of hydrogen-bond donors (Lipinski definition) is 1. The Bertz CT molecular complexity index is 32.6. The van der Waals surface area contributed by atoms with E-state index in [1.807, 2.05) is 0 Å². The van der Waals surface area contributed by atoms with Crippen molar-refractivity contribution in [3.63, 3.8) is 0 Å². The molecule has 0 aromatic carbocycles. The largest absolute Gasteiger partial charge is 0.418 e. The molecular formula is CH3CaNO2. The predicted molar refractivity (Wildman–Crippen MR) is 18.3 cm³/mol. The maximum atomic E-state index is 8.81. The van der Waals surface area contributed by atoms with Gasteiger partial charge in [0, 0.05) is 42.6 Å². The molecule has 5 heavy (non-hydrogen) atoms. The molecule has 4 heteroatoms. The van der Waals surface area contributed by atoms with Crippen molar-refractivity contribution in [2.75, 3.05) is 0 Å². The van der Waals surface area contributed by atoms with Crippen molar-refractivity contribution in [1.29, 1.82) is 0 Å². The molecule has 0 fully saturated rings. The van der Waals surface area contributed by atoms with E-state index in [2.05, 4.69) is 6.72 Å². The van der Waals surface area contributed by atoms with Crippen molar-refractivity contribution in [3.05, 3.63) is 5.21 Å². The first-order chi connectivity index (χ1) is 1.73. The van der Waals surface area contributed by atoms with Crippen molar-refractivity contribution in [1.82, 2.24) is 0 Å². The van der Waals surface area contributed by atoms with Gasteiger partial charge in [-0.1, -0.05) is 0 Å². The summed E-state index contributed by atoms with van der Waals surface area (Å²) in [6.07, 6.45) is 0. The van der Waals surface area contributed by atoms with Gasteiger partial charge in [-0.3, -0.25) is 5.21 Å². The minimum absolute atomic E-state index is 0. The molecule has 0 saturated carbocycles. The zero-order valence-electron chi connectivity index (χ0n) is 2.72. The van der Waals surface area contributed by atoms with Crippen LogP contribution in [0, 0.1) is 5.21 Å². The molecule has 0 rings (SSSR count). The Morgan fingerprint density at radius 1 is 1.80 bits per heavy atom. The Kier molecular flexibility index (Phi) is 8.25. The molecule has 0 heterocycles. The van der Waals surface area contributed by atoms with E-state index < -0.39 is 4.90 Å². The minimum atomic E-state index is -0.500. The zero-order chi connectivity index (χ0) is 3.58. The summed E-state index contributed by atoms with van der Waals surface area (Å²) < 4.78 is 0. The van der Waals surface area contributed by atoms with E-state index in [0.717, 1.165) is 0 Å². The monoisotopic (exact) mass is 101 g/mol. The maximum Gasteiger partial charge on any atom is 0.197 e. The van der Waals surface area contributed by atoms with Gasteiger partial charge in [-0.2, -0.15) is 0 Å². The van der Waals surface area contributed by atoms with Crippen molar-refractivity contribution >= 4 is 44.5 Å². The molecule has 0 atom stereocenters. The van der Waals surface area contributed by atoms with E-state index in [-0.39, 0.29) is 37.7 Å². The van der Waals surface area contributed by atoms with E-state index in [0.29, 0.717) is 0 Å². The number of nitrogens with zero attached hydrogens (tertiary/aromatic N) is 1. The van der Waals surface area contributed by atoms with Crippen LogP contribution in [0.5, 0.6) is 0 Å². The molecule has 0 aromatic heterocycles. The van der Waals surface area contributed by atoms with Crippen LogP contribution in [-0.4, -0.2) is 54.6 Å². The summed E-state index contributed by atoms with van der Waals surface area (Å²) in [5, 5.41) is 16.0. The molecule has 0 aliphatic heterocycles. The summed E-state index contributed by atoms with van der Waals surface area (Å²) in [6.45, 7) is 2.47. The minimum Gasteiger partial charge on any atom is -0.418 e. The third-order valence-corrected chi connectivity index (χ3v) is 0. The first-order valence-electron chi connectivity index (χ1n) is 0.699. The normalized spacial score (nSPS) is 4.80. The Balaban J connectivity index is 0. The van der Waals surface area contributed by atoms with Gasteiger partial charge < -0.3 is 5.21 Å². The summed E-state index contributed by atoms with van der Waals surface area (Å²) >= 11 is 0. The van der Waals surface area contributed by atoms with Gasteiger partial charge in [0.25, 0.3) is 0 Å². The van der Waals surface area contributed by atoms with Crippen LogP contribution in [0.25, 0.3) is 0 Å². The van der Waals surface area contributed by atoms with Crippen molar-refractivity contribution < 1.29 is 10.1 Å². The van der Waals surface area contributed by atoms with Crippen LogP contribution in [0.4, 0.5) is 0 Å². The molecule has 0 aliphatic carbocycles. The molecule has 0 bridgehead atoms. The molecule has 26 valence electrons. The van der Waals surface area contributed by atoms with Gasteiger partial charge in [0.1, 0.15) is 0 Å². The second-order valence-electron chi connectivity index (χ2n) is 0.352. The van der Waals surface area contributed by atoms with Gasteiger partial charge in [-0.25, -0.2) is 0 Å². The quantitative estimate of drug-likeness (QED) is 0.143. The molecule has 0 unspecified atom stereocenters. The predicted octanol–water partition coefficient (Wildman–Crippen LogP) is -0.794. The average molecular weight is 101 g/mol. The Morgan fingerprint density at radius 2 is 1.80 bits per heavy atom. The van der Waals surface area contributed by atoms with Crippen LogP contribution >= 0.6 is 0 Å². The smallest absolute Gasteiger partial charge is 0.197 e. The van der Waals surface area contributed by atoms with Gasteiger partial charge in [0.2, 0.25) is 0 Å². The van der Waals surface area contributed by atoms with Crippen LogP contribution in [0.3, 0.4) is 0 Å². The second-order valence-corrected chi connectivity index (χ2v) is 0.352. The number of rotatable bonds is 0. The molecule has 0 aromatic rings. The van der Waals surface area contributed by atoms with Gasteiger partial charge in [-0.15, -0.1) is 0 Å². The zero-order valence-corrected chi connectivity index (χ0v) is 4.93. The van der Waals surface area contributed by atoms with Gasteiger partial charge >= 0.3 is 0 Å². The Labute approximate surface area is 59.5 Å². The van der Waals surface area contributed by atoms with Crippen LogP contribution in [-0.2, 0) is 0 Å². The third-order valence-electron chi connectivity index (χ3n) is 0. The van der Waals surface area contributed by atoms with Crippen molar-refractivity contribution in [2.24, 2.45) is 0 Å². The summed E-state index contributed by atoms with van der Waals surface area (Å²) in [5.41, 5.74) is 0. The summed E-state index contributed by atoms with van der Waals surface area (Å²) in [7, 11) is 0. The van der Waals surface area contributed by atoms with E-state index in [1.165, 1.54) is 0 Å². The molecule has 3 nitrogen and oxygen atoms in total. The molecule has 2 radical (unpaired) electrons. The molecular weight excluding hydrogens is 98.1 g/mol. The van der Waals surface area contributed by atoms with Gasteiger partial charge in [0.15, 0.2) is 6.72 Å². The van der Waals surface area contributed by atoms with Crippen LogP contribution in [0.15, 0.2) is 0 Å². The first-order valence-corrected chi connectivity index (χ1v) is 0.699. The summed E-state index contributed by atoms with van der Waals surface area (Å²) in [4.78, 5) is -0.500. The van der Waals surface area contributed by atoms with E-state index in [4.69, 9.17) is 10.4 Å². The maximum absolute atomic E-state index is 8.81. The van der Waals surface area contributed by atoms with E-state index in [1.54, 1.807) is 0 Å². The summed E-state index contributed by atoms with van der Waals surface area (Å²) in [6, 6.07) is 0. The molecule has 1 N–H and O–H groups in total. The molecule has 0 amide bonds. The van der Waals surface area contributed by atoms with Gasteiger partial charge in [-0.05, 0) is 0 Å². The van der Waals surface area contributed by atoms with E-state index in [9.17, 15) is 0 Å². The second kappa shape index (κ2) is 4.53. The summed E-state index contributed by atoms with van der Waals surface area (Å²) in [5.74, 6) is 0. The first kappa shape index (κ1) is 9.11. The Morgan fingerprint density at radius 3 is 1.80 bits per heavy atom. The van der Waals surface area contributed by atoms with Crippen molar-refractivity contribution in [2.45, 2.75) is 0 Å². The van der Waals surface area contributed by atoms with E-state index >= 15 is 0 Å². The SMILES string of the molecule is C=[N+]([O-])O.[Ca]. The third kappa shape index (κ3) is 103. The molecule has 0 aliphatic rings. The number of hydrogen-bond acceptors (Lipinski definition) is 2. The molecule has 0 spiro atoms. The fourth-order valence-electron chi connectivity index (χ4n) is 0. The molecule has 0 saturated heterocycles. The topological polar surface area (TPSA) is 46.3 Å². The fraction of sp³-hybridized carbons (Fsp3) is 0. The fourth-order valence-corrected chi connectivity index (χ4v) is 0. The standard InChI is InChI=1S/CH3NO2.Ca/c1-2(3)4;/h1H2,(H,3,4);. The van der Waals surface area contributed by atoms with Crippen molar-refractivity contribution in [3.8, 4) is 0 Å². The van der Waals surface area contributed by atoms with Gasteiger partial charge in [0.05, 0.1) is 0 Å². The van der Waals surface area contributed by atoms with Crippen LogP contribution in [0.1, 0.15) is 0 Å².